The fourth-order valence-corrected chi connectivity index (χ4v) is 0.903. The second kappa shape index (κ2) is 4.34. The van der Waals surface area contributed by atoms with Gasteiger partial charge in [-0.1, -0.05) is 24.3 Å². The molecule has 0 fully saturated rings. The SMILES string of the molecule is C=CCN1\C=C/C=C\C=C/C1=N. The summed E-state index contributed by atoms with van der Waals surface area (Å²) in [6, 6.07) is 0. The minimum Gasteiger partial charge on any atom is -0.330 e. The lowest BCUT2D eigenvalue weighted by atomic mass is 10.3. The van der Waals surface area contributed by atoms with Crippen LogP contribution >= 0.6 is 0 Å². The number of nitrogens with one attached hydrogen (secondary N) is 1. The Balaban J connectivity index is 2.76. The van der Waals surface area contributed by atoms with Gasteiger partial charge < -0.3 is 4.90 Å². The lowest BCUT2D eigenvalue weighted by molar-refractivity contribution is 0.622. The Morgan fingerprint density at radius 1 is 1.33 bits per heavy atom. The van der Waals surface area contributed by atoms with Gasteiger partial charge in [0, 0.05) is 12.7 Å². The number of hydrogen-bond donors (Lipinski definition) is 1. The van der Waals surface area contributed by atoms with E-state index in [4.69, 9.17) is 5.41 Å². The summed E-state index contributed by atoms with van der Waals surface area (Å²) in [7, 11) is 0. The molecule has 0 amide bonds. The van der Waals surface area contributed by atoms with Crippen LogP contribution in [0.15, 0.2) is 49.2 Å². The zero-order valence-electron chi connectivity index (χ0n) is 6.90. The quantitative estimate of drug-likeness (QED) is 0.615. The topological polar surface area (TPSA) is 27.1 Å². The third-order valence-corrected chi connectivity index (χ3v) is 1.49. The van der Waals surface area contributed by atoms with Crippen molar-refractivity contribution in [3.63, 3.8) is 0 Å². The van der Waals surface area contributed by atoms with Crippen molar-refractivity contribution in [3.05, 3.63) is 49.2 Å². The number of nitrogens with zero attached hydrogens (tertiary/aromatic N) is 1. The van der Waals surface area contributed by atoms with Gasteiger partial charge in [0.05, 0.1) is 0 Å². The number of allylic oxidation sites excluding steroid dienone is 4. The van der Waals surface area contributed by atoms with Gasteiger partial charge >= 0.3 is 0 Å². The van der Waals surface area contributed by atoms with Gasteiger partial charge in [0.2, 0.25) is 0 Å². The molecule has 1 heterocycles. The maximum absolute atomic E-state index is 7.59. The van der Waals surface area contributed by atoms with Crippen LogP contribution in [0.4, 0.5) is 0 Å². The van der Waals surface area contributed by atoms with Crippen molar-refractivity contribution in [3.8, 4) is 0 Å². The van der Waals surface area contributed by atoms with Crippen LogP contribution in [-0.2, 0) is 0 Å². The third kappa shape index (κ3) is 2.23. The highest BCUT2D eigenvalue weighted by molar-refractivity contribution is 5.91. The molecule has 0 atom stereocenters. The van der Waals surface area contributed by atoms with Crippen LogP contribution in [0.1, 0.15) is 0 Å². The maximum atomic E-state index is 7.59. The minimum absolute atomic E-state index is 0.482. The third-order valence-electron chi connectivity index (χ3n) is 1.49. The molecule has 62 valence electrons. The van der Waals surface area contributed by atoms with E-state index in [-0.39, 0.29) is 0 Å². The van der Waals surface area contributed by atoms with Crippen molar-refractivity contribution >= 4 is 5.84 Å². The van der Waals surface area contributed by atoms with E-state index in [0.29, 0.717) is 12.4 Å². The van der Waals surface area contributed by atoms with Gasteiger partial charge in [-0.3, -0.25) is 5.41 Å². The van der Waals surface area contributed by atoms with E-state index in [2.05, 4.69) is 6.58 Å². The summed E-state index contributed by atoms with van der Waals surface area (Å²) in [5.74, 6) is 0.482. The van der Waals surface area contributed by atoms with E-state index in [9.17, 15) is 0 Å². The van der Waals surface area contributed by atoms with Gasteiger partial charge in [-0.25, -0.2) is 0 Å². The molecule has 2 heteroatoms. The first-order valence-corrected chi connectivity index (χ1v) is 3.82. The molecule has 1 rings (SSSR count). The summed E-state index contributed by atoms with van der Waals surface area (Å²) >= 11 is 0. The van der Waals surface area contributed by atoms with Crippen LogP contribution < -0.4 is 0 Å². The Kier molecular flexibility index (Phi) is 3.08. The van der Waals surface area contributed by atoms with Crippen molar-refractivity contribution in [2.75, 3.05) is 6.54 Å². The number of hydrogen-bond acceptors (Lipinski definition) is 1. The van der Waals surface area contributed by atoms with Crippen molar-refractivity contribution in [2.24, 2.45) is 0 Å². The average Bonchev–Trinajstić information content (AvgIpc) is 2.05. The molecule has 0 unspecified atom stereocenters. The van der Waals surface area contributed by atoms with Crippen LogP contribution in [0.2, 0.25) is 0 Å². The predicted octanol–water partition coefficient (Wildman–Crippen LogP) is 2.09. The molecule has 0 bridgehead atoms. The highest BCUT2D eigenvalue weighted by Gasteiger charge is 1.99. The molecule has 0 aromatic carbocycles. The molecule has 1 aliphatic rings. The normalized spacial score (nSPS) is 24.0. The monoisotopic (exact) mass is 160 g/mol. The van der Waals surface area contributed by atoms with Gasteiger partial charge in [0.15, 0.2) is 0 Å². The van der Waals surface area contributed by atoms with E-state index in [1.54, 1.807) is 12.2 Å². The first-order valence-electron chi connectivity index (χ1n) is 3.82. The second-order valence-electron chi connectivity index (χ2n) is 2.41. The van der Waals surface area contributed by atoms with Crippen LogP contribution in [0.5, 0.6) is 0 Å². The maximum Gasteiger partial charge on any atom is 0.124 e. The Morgan fingerprint density at radius 3 is 2.83 bits per heavy atom. The zero-order valence-corrected chi connectivity index (χ0v) is 6.90. The largest absolute Gasteiger partial charge is 0.330 e. The molecule has 2 nitrogen and oxygen atoms in total. The van der Waals surface area contributed by atoms with Crippen molar-refractivity contribution < 1.29 is 0 Å². The van der Waals surface area contributed by atoms with Gasteiger partial charge in [-0.2, -0.15) is 0 Å². The zero-order chi connectivity index (χ0) is 8.81. The Morgan fingerprint density at radius 2 is 2.08 bits per heavy atom. The van der Waals surface area contributed by atoms with Crippen molar-refractivity contribution in [2.45, 2.75) is 0 Å². The van der Waals surface area contributed by atoms with Gasteiger partial charge in [0.1, 0.15) is 5.84 Å². The van der Waals surface area contributed by atoms with Crippen molar-refractivity contribution in [1.29, 1.82) is 5.41 Å². The fourth-order valence-electron chi connectivity index (χ4n) is 0.903. The van der Waals surface area contributed by atoms with Crippen molar-refractivity contribution in [1.82, 2.24) is 4.90 Å². The average molecular weight is 160 g/mol. The molecule has 0 aromatic heterocycles. The lowest BCUT2D eigenvalue weighted by Crippen LogP contribution is -2.23. The van der Waals surface area contributed by atoms with Crippen LogP contribution in [0.3, 0.4) is 0 Å². The summed E-state index contributed by atoms with van der Waals surface area (Å²) < 4.78 is 0. The summed E-state index contributed by atoms with van der Waals surface area (Å²) in [6.45, 7) is 4.30. The fraction of sp³-hybridized carbons (Fsp3) is 0.100. The molecule has 0 saturated heterocycles. The lowest BCUT2D eigenvalue weighted by Gasteiger charge is -2.16. The van der Waals surface area contributed by atoms with Gasteiger partial charge in [-0.15, -0.1) is 6.58 Å². The van der Waals surface area contributed by atoms with Gasteiger partial charge in [-0.05, 0) is 12.2 Å². The molecule has 0 aliphatic carbocycles. The summed E-state index contributed by atoms with van der Waals surface area (Å²) in [6.07, 6.45) is 13.0. The highest BCUT2D eigenvalue weighted by Crippen LogP contribution is 1.98. The molecule has 0 radical (unpaired) electrons. The Bertz CT molecular complexity index is 259. The van der Waals surface area contributed by atoms with E-state index >= 15 is 0 Å². The number of rotatable bonds is 2. The van der Waals surface area contributed by atoms with Crippen LogP contribution in [-0.4, -0.2) is 17.3 Å². The highest BCUT2D eigenvalue weighted by atomic mass is 15.1. The predicted molar refractivity (Wildman–Crippen MR) is 52.0 cm³/mol. The minimum atomic E-state index is 0.482. The van der Waals surface area contributed by atoms with Gasteiger partial charge in [0.25, 0.3) is 0 Å². The van der Waals surface area contributed by atoms with E-state index in [0.717, 1.165) is 0 Å². The van der Waals surface area contributed by atoms with E-state index in [1.165, 1.54) is 0 Å². The summed E-state index contributed by atoms with van der Waals surface area (Å²) in [4.78, 5) is 1.81. The first-order chi connectivity index (χ1) is 5.84. The molecule has 0 saturated carbocycles. The molecule has 1 N–H and O–H groups in total. The smallest absolute Gasteiger partial charge is 0.124 e. The first kappa shape index (κ1) is 8.53. The Hall–Kier alpha value is -1.57. The number of amidine groups is 1. The molecule has 1 aliphatic heterocycles. The molecule has 12 heavy (non-hydrogen) atoms. The molecule has 0 spiro atoms. The van der Waals surface area contributed by atoms with E-state index in [1.807, 2.05) is 35.4 Å². The standard InChI is InChI=1S/C10H12N2/c1-2-8-12-9-6-4-3-5-7-10(12)11/h2-7,9,11H,1,8H2/b4-3-,7-5-,9-6-,11-10?. The van der Waals surface area contributed by atoms with Crippen LogP contribution in [0.25, 0.3) is 0 Å². The Labute approximate surface area is 72.7 Å². The molecule has 0 aromatic rings. The molecular formula is C10H12N2. The van der Waals surface area contributed by atoms with Crippen LogP contribution in [0, 0.1) is 5.41 Å². The summed E-state index contributed by atoms with van der Waals surface area (Å²) in [5, 5.41) is 7.59. The second-order valence-corrected chi connectivity index (χ2v) is 2.41. The molecular weight excluding hydrogens is 148 g/mol. The van der Waals surface area contributed by atoms with E-state index < -0.39 is 0 Å². The summed E-state index contributed by atoms with van der Waals surface area (Å²) in [5.41, 5.74) is 0.